The Hall–Kier alpha value is -0.450. The molecule has 4 heteroatoms. The summed E-state index contributed by atoms with van der Waals surface area (Å²) in [6.07, 6.45) is 0.814. The molecule has 0 aromatic heterocycles. The minimum absolute atomic E-state index is 0.203. The molecule has 1 aliphatic heterocycles. The van der Waals surface area contributed by atoms with Gasteiger partial charge in [0.2, 0.25) is 0 Å². The van der Waals surface area contributed by atoms with E-state index in [0.717, 1.165) is 19.6 Å². The summed E-state index contributed by atoms with van der Waals surface area (Å²) in [6.45, 7) is 4.35. The quantitative estimate of drug-likeness (QED) is 0.491. The second-order valence-electron chi connectivity index (χ2n) is 2.75. The number of Topliss-reactive ketones (excluding diaryl/α,β-unsaturated/α-hetero) is 1. The zero-order valence-corrected chi connectivity index (χ0v) is 6.81. The van der Waals surface area contributed by atoms with Crippen LogP contribution in [-0.4, -0.2) is 31.7 Å². The van der Waals surface area contributed by atoms with Crippen molar-refractivity contribution >= 4 is 5.78 Å². The molecule has 0 bridgehead atoms. The molecule has 0 aliphatic carbocycles. The number of ketones is 1. The highest BCUT2D eigenvalue weighted by atomic mass is 16.1. The smallest absolute Gasteiger partial charge is 0.131 e. The summed E-state index contributed by atoms with van der Waals surface area (Å²) >= 11 is 0. The van der Waals surface area contributed by atoms with Crippen LogP contribution >= 0.6 is 0 Å². The predicted octanol–water partition coefficient (Wildman–Crippen LogP) is -0.968. The molecule has 0 radical (unpaired) electrons. The molecule has 4 nitrogen and oxygen atoms in total. The fourth-order valence-corrected chi connectivity index (χ4v) is 1.04. The number of nitrogens with one attached hydrogen (secondary N) is 3. The zero-order valence-electron chi connectivity index (χ0n) is 6.81. The molecule has 1 heterocycles. The molecule has 1 rings (SSSR count). The van der Waals surface area contributed by atoms with Gasteiger partial charge in [0, 0.05) is 26.1 Å². The zero-order chi connectivity index (χ0) is 8.10. The third-order valence-corrected chi connectivity index (χ3v) is 1.65. The van der Waals surface area contributed by atoms with Gasteiger partial charge < -0.3 is 0 Å². The maximum absolute atomic E-state index is 10.5. The minimum Gasteiger partial charge on any atom is -0.300 e. The fourth-order valence-electron chi connectivity index (χ4n) is 1.04. The van der Waals surface area contributed by atoms with Crippen molar-refractivity contribution in [2.75, 3.05) is 19.6 Å². The van der Waals surface area contributed by atoms with Crippen molar-refractivity contribution in [2.24, 2.45) is 0 Å². The first kappa shape index (κ1) is 8.64. The third-order valence-electron chi connectivity index (χ3n) is 1.65. The van der Waals surface area contributed by atoms with Crippen LogP contribution in [0.15, 0.2) is 0 Å². The molecule has 3 N–H and O–H groups in total. The van der Waals surface area contributed by atoms with Gasteiger partial charge in [-0.1, -0.05) is 0 Å². The Morgan fingerprint density at radius 3 is 2.73 bits per heavy atom. The van der Waals surface area contributed by atoms with Gasteiger partial charge in [-0.05, 0) is 6.92 Å². The molecule has 0 amide bonds. The number of rotatable bonds is 4. The molecular formula is C7H15N3O. The third kappa shape index (κ3) is 3.46. The number of hydrogen-bond acceptors (Lipinski definition) is 4. The van der Waals surface area contributed by atoms with Crippen LogP contribution < -0.4 is 16.0 Å². The van der Waals surface area contributed by atoms with Crippen LogP contribution in [0.25, 0.3) is 0 Å². The monoisotopic (exact) mass is 157 g/mol. The Balaban J connectivity index is 1.98. The molecule has 0 atom stereocenters. The van der Waals surface area contributed by atoms with Crippen molar-refractivity contribution in [1.82, 2.24) is 16.0 Å². The van der Waals surface area contributed by atoms with Gasteiger partial charge in [-0.3, -0.25) is 20.7 Å². The summed E-state index contributed by atoms with van der Waals surface area (Å²) < 4.78 is 0. The summed E-state index contributed by atoms with van der Waals surface area (Å²) in [6, 6.07) is 0. The molecule has 0 spiro atoms. The summed E-state index contributed by atoms with van der Waals surface area (Å²) in [5.74, 6) is 0.232. The van der Waals surface area contributed by atoms with E-state index in [0.29, 0.717) is 6.42 Å². The summed E-state index contributed by atoms with van der Waals surface area (Å²) in [4.78, 5) is 10.5. The second kappa shape index (κ2) is 4.43. The van der Waals surface area contributed by atoms with E-state index < -0.39 is 0 Å². The number of carbonyl (C=O) groups excluding carboxylic acids is 1. The number of carbonyl (C=O) groups is 1. The topological polar surface area (TPSA) is 53.2 Å². The van der Waals surface area contributed by atoms with Gasteiger partial charge in [-0.15, -0.1) is 0 Å². The Bertz CT molecular complexity index is 132. The Labute approximate surface area is 66.7 Å². The van der Waals surface area contributed by atoms with Crippen molar-refractivity contribution in [3.05, 3.63) is 0 Å². The van der Waals surface area contributed by atoms with Gasteiger partial charge in [0.15, 0.2) is 0 Å². The van der Waals surface area contributed by atoms with Crippen molar-refractivity contribution in [3.8, 4) is 0 Å². The van der Waals surface area contributed by atoms with E-state index >= 15 is 0 Å². The van der Waals surface area contributed by atoms with Crippen molar-refractivity contribution in [3.63, 3.8) is 0 Å². The van der Waals surface area contributed by atoms with Crippen LogP contribution in [0.1, 0.15) is 13.3 Å². The first-order valence-corrected chi connectivity index (χ1v) is 3.98. The normalized spacial score (nSPS) is 19.0. The van der Waals surface area contributed by atoms with Gasteiger partial charge in [0.05, 0.1) is 0 Å². The summed E-state index contributed by atoms with van der Waals surface area (Å²) in [7, 11) is 0. The first-order valence-electron chi connectivity index (χ1n) is 3.98. The van der Waals surface area contributed by atoms with Gasteiger partial charge >= 0.3 is 0 Å². The highest BCUT2D eigenvalue weighted by Gasteiger charge is 2.10. The molecule has 1 fully saturated rings. The highest BCUT2D eigenvalue weighted by Crippen LogP contribution is 1.82. The maximum atomic E-state index is 10.5. The SMILES string of the molecule is CC(=O)CCNC1NCCN1. The molecule has 11 heavy (non-hydrogen) atoms. The molecule has 1 aliphatic rings. The fraction of sp³-hybridized carbons (Fsp3) is 0.857. The van der Waals surface area contributed by atoms with Crippen LogP contribution in [0.2, 0.25) is 0 Å². The summed E-state index contributed by atoms with van der Waals surface area (Å²) in [5, 5.41) is 9.56. The molecule has 0 aromatic carbocycles. The van der Waals surface area contributed by atoms with Gasteiger partial charge in [0.25, 0.3) is 0 Å². The minimum atomic E-state index is 0.203. The molecule has 0 unspecified atom stereocenters. The van der Waals surface area contributed by atoms with Crippen molar-refractivity contribution in [2.45, 2.75) is 19.6 Å². The van der Waals surface area contributed by atoms with Crippen LogP contribution in [0.4, 0.5) is 0 Å². The number of hydrogen-bond donors (Lipinski definition) is 3. The van der Waals surface area contributed by atoms with Crippen LogP contribution in [0.5, 0.6) is 0 Å². The van der Waals surface area contributed by atoms with Gasteiger partial charge in [-0.25, -0.2) is 0 Å². The van der Waals surface area contributed by atoms with E-state index in [1.807, 2.05) is 0 Å². The van der Waals surface area contributed by atoms with E-state index in [1.165, 1.54) is 0 Å². The van der Waals surface area contributed by atoms with Gasteiger partial charge in [-0.2, -0.15) is 0 Å². The van der Waals surface area contributed by atoms with E-state index in [4.69, 9.17) is 0 Å². The summed E-state index contributed by atoms with van der Waals surface area (Å²) in [5.41, 5.74) is 0. The van der Waals surface area contributed by atoms with Crippen LogP contribution in [-0.2, 0) is 4.79 Å². The highest BCUT2D eigenvalue weighted by molar-refractivity contribution is 5.75. The molecule has 0 saturated carbocycles. The Morgan fingerprint density at radius 1 is 1.55 bits per heavy atom. The van der Waals surface area contributed by atoms with Crippen LogP contribution in [0, 0.1) is 0 Å². The molecular weight excluding hydrogens is 142 g/mol. The maximum Gasteiger partial charge on any atom is 0.131 e. The van der Waals surface area contributed by atoms with E-state index in [2.05, 4.69) is 16.0 Å². The second-order valence-corrected chi connectivity index (χ2v) is 2.75. The molecule has 1 saturated heterocycles. The lowest BCUT2D eigenvalue weighted by Crippen LogP contribution is -2.45. The Morgan fingerprint density at radius 2 is 2.18 bits per heavy atom. The van der Waals surface area contributed by atoms with Crippen molar-refractivity contribution in [1.29, 1.82) is 0 Å². The average Bonchev–Trinajstić information content (AvgIpc) is 2.39. The van der Waals surface area contributed by atoms with Crippen LogP contribution in [0.3, 0.4) is 0 Å². The lowest BCUT2D eigenvalue weighted by molar-refractivity contribution is -0.116. The van der Waals surface area contributed by atoms with E-state index in [-0.39, 0.29) is 12.1 Å². The largest absolute Gasteiger partial charge is 0.300 e. The van der Waals surface area contributed by atoms with E-state index in [1.54, 1.807) is 6.92 Å². The molecule has 64 valence electrons. The van der Waals surface area contributed by atoms with Gasteiger partial charge in [0.1, 0.15) is 12.1 Å². The molecule has 0 aromatic rings. The Kier molecular flexibility index (Phi) is 3.48. The lowest BCUT2D eigenvalue weighted by atomic mass is 10.3. The standard InChI is InChI=1S/C7H15N3O/c1-6(11)2-3-8-7-9-4-5-10-7/h7-10H,2-5H2,1H3. The first-order chi connectivity index (χ1) is 5.29. The lowest BCUT2D eigenvalue weighted by Gasteiger charge is -2.11. The van der Waals surface area contributed by atoms with E-state index in [9.17, 15) is 4.79 Å². The average molecular weight is 157 g/mol. The predicted molar refractivity (Wildman–Crippen MR) is 43.1 cm³/mol. The van der Waals surface area contributed by atoms with Crippen molar-refractivity contribution < 1.29 is 4.79 Å².